The topological polar surface area (TPSA) is 98.4 Å². The summed E-state index contributed by atoms with van der Waals surface area (Å²) in [5, 5.41) is 19.9. The number of methoxy groups -OCH3 is 1. The molecule has 0 amide bonds. The van der Waals surface area contributed by atoms with Crippen LogP contribution in [-0.4, -0.2) is 32.5 Å². The minimum atomic E-state index is -1.000. The van der Waals surface area contributed by atoms with E-state index in [0.29, 0.717) is 17.6 Å². The van der Waals surface area contributed by atoms with Crippen LogP contribution in [-0.2, 0) is 13.6 Å². The number of para-hydroxylation sites is 1. The van der Waals surface area contributed by atoms with Crippen LogP contribution in [0.3, 0.4) is 0 Å². The summed E-state index contributed by atoms with van der Waals surface area (Å²) < 4.78 is 8.74. The highest BCUT2D eigenvalue weighted by atomic mass is 16.5. The Hall–Kier alpha value is -4.59. The lowest BCUT2D eigenvalue weighted by molar-refractivity contribution is 0.0698. The summed E-state index contributed by atoms with van der Waals surface area (Å²) in [6.45, 7) is 4.42. The number of aromatic nitrogens is 3. The molecule has 2 heterocycles. The van der Waals surface area contributed by atoms with Crippen molar-refractivity contribution in [1.82, 2.24) is 14.3 Å². The number of aromatic carboxylic acids is 1. The Balaban J connectivity index is 1.66. The monoisotopic (exact) mass is 496 g/mol. The molecule has 0 saturated heterocycles. The number of pyridine rings is 1. The Kier molecular flexibility index (Phi) is 6.17. The Morgan fingerprint density at radius 2 is 1.84 bits per heavy atom. The molecular weight excluding hydrogens is 468 g/mol. The molecule has 0 spiro atoms. The van der Waals surface area contributed by atoms with Gasteiger partial charge in [-0.1, -0.05) is 30.3 Å². The van der Waals surface area contributed by atoms with E-state index in [4.69, 9.17) is 4.74 Å². The molecule has 3 aromatic carbocycles. The number of nitrogens with zero attached hydrogens (tertiary/aromatic N) is 3. The van der Waals surface area contributed by atoms with Crippen molar-refractivity contribution in [1.29, 1.82) is 0 Å². The number of benzene rings is 3. The van der Waals surface area contributed by atoms with Gasteiger partial charge in [0.05, 0.1) is 25.4 Å². The number of rotatable bonds is 7. The molecule has 0 bridgehead atoms. The predicted octanol–water partition coefficient (Wildman–Crippen LogP) is 5.12. The molecule has 2 N–H and O–H groups in total. The van der Waals surface area contributed by atoms with Gasteiger partial charge in [-0.15, -0.1) is 0 Å². The van der Waals surface area contributed by atoms with E-state index in [0.717, 1.165) is 38.9 Å². The van der Waals surface area contributed by atoms with E-state index in [1.165, 1.54) is 0 Å². The van der Waals surface area contributed by atoms with Gasteiger partial charge in [-0.05, 0) is 60.9 Å². The maximum Gasteiger partial charge on any atom is 0.337 e. The molecule has 8 nitrogen and oxygen atoms in total. The highest BCUT2D eigenvalue weighted by Crippen LogP contribution is 2.33. The lowest BCUT2D eigenvalue weighted by Crippen LogP contribution is -2.21. The van der Waals surface area contributed by atoms with E-state index in [1.807, 2.05) is 54.9 Å². The summed E-state index contributed by atoms with van der Waals surface area (Å²) in [6.07, 6.45) is 1.80. The summed E-state index contributed by atoms with van der Waals surface area (Å²) >= 11 is 0. The van der Waals surface area contributed by atoms with Gasteiger partial charge in [-0.3, -0.25) is 9.36 Å². The van der Waals surface area contributed by atoms with E-state index in [9.17, 15) is 14.7 Å². The number of carbonyl (C=O) groups is 1. The van der Waals surface area contributed by atoms with E-state index >= 15 is 0 Å². The van der Waals surface area contributed by atoms with Crippen molar-refractivity contribution in [2.45, 2.75) is 26.4 Å². The predicted molar refractivity (Wildman–Crippen MR) is 145 cm³/mol. The normalized spacial score (nSPS) is 12.1. The van der Waals surface area contributed by atoms with Crippen LogP contribution in [0.5, 0.6) is 5.75 Å². The number of carboxylic acid groups (broad SMARTS) is 1. The Morgan fingerprint density at radius 1 is 1.11 bits per heavy atom. The fourth-order valence-corrected chi connectivity index (χ4v) is 4.94. The van der Waals surface area contributed by atoms with Crippen molar-refractivity contribution >= 4 is 33.5 Å². The molecule has 2 aromatic heterocycles. The van der Waals surface area contributed by atoms with Gasteiger partial charge >= 0.3 is 5.97 Å². The smallest absolute Gasteiger partial charge is 0.337 e. The number of anilines is 1. The van der Waals surface area contributed by atoms with Gasteiger partial charge in [0.25, 0.3) is 5.56 Å². The van der Waals surface area contributed by atoms with E-state index in [-0.39, 0.29) is 17.2 Å². The molecule has 0 saturated carbocycles. The molecule has 0 fully saturated rings. The number of ether oxygens (including phenoxy) is 1. The fourth-order valence-electron chi connectivity index (χ4n) is 4.94. The zero-order valence-electron chi connectivity index (χ0n) is 21.1. The lowest BCUT2D eigenvalue weighted by Gasteiger charge is -2.21. The molecule has 0 aliphatic carbocycles. The number of aryl methyl sites for hydroxylation is 2. The average molecular weight is 497 g/mol. The first-order chi connectivity index (χ1) is 17.8. The number of carboxylic acids is 1. The molecule has 5 rings (SSSR count). The zero-order chi connectivity index (χ0) is 26.3. The second-order valence-electron chi connectivity index (χ2n) is 9.25. The number of nitrogens with one attached hydrogen (secondary N) is 1. The van der Waals surface area contributed by atoms with Gasteiger partial charge < -0.3 is 15.2 Å². The molecule has 0 aliphatic rings. The van der Waals surface area contributed by atoms with Crippen molar-refractivity contribution in [2.75, 3.05) is 12.4 Å². The largest absolute Gasteiger partial charge is 0.497 e. The van der Waals surface area contributed by atoms with Crippen molar-refractivity contribution in [2.24, 2.45) is 7.05 Å². The first-order valence-electron chi connectivity index (χ1n) is 12.0. The Morgan fingerprint density at radius 3 is 2.54 bits per heavy atom. The Labute approximate surface area is 213 Å². The van der Waals surface area contributed by atoms with Crippen LogP contribution < -0.4 is 15.6 Å². The second kappa shape index (κ2) is 9.46. The second-order valence-corrected chi connectivity index (χ2v) is 9.25. The summed E-state index contributed by atoms with van der Waals surface area (Å²) in [5.74, 6) is -0.223. The SMILES string of the molecule is COc1ccc(Cn2ncc3c4c(C(C)Nc5ccccc5C(=O)O)cc(C)cc4c(=O)n(C)c32)cc1. The van der Waals surface area contributed by atoms with E-state index in [2.05, 4.69) is 10.4 Å². The summed E-state index contributed by atoms with van der Waals surface area (Å²) in [7, 11) is 3.40. The number of fused-ring (bicyclic) bond motifs is 3. The lowest BCUT2D eigenvalue weighted by atomic mass is 9.95. The van der Waals surface area contributed by atoms with Crippen LogP contribution in [0.4, 0.5) is 5.69 Å². The first kappa shape index (κ1) is 24.1. The molecule has 188 valence electrons. The van der Waals surface area contributed by atoms with Gasteiger partial charge in [0, 0.05) is 34.9 Å². The third kappa shape index (κ3) is 4.31. The van der Waals surface area contributed by atoms with Gasteiger partial charge in [-0.25, -0.2) is 9.48 Å². The van der Waals surface area contributed by atoms with Crippen LogP contribution in [0.2, 0.25) is 0 Å². The average Bonchev–Trinajstić information content (AvgIpc) is 3.30. The summed E-state index contributed by atoms with van der Waals surface area (Å²) in [6, 6.07) is 18.3. The maximum atomic E-state index is 13.6. The van der Waals surface area contributed by atoms with Crippen LogP contribution in [0.1, 0.15) is 40.0 Å². The fraction of sp³-hybridized carbons (Fsp3) is 0.207. The zero-order valence-corrected chi connectivity index (χ0v) is 21.1. The quantitative estimate of drug-likeness (QED) is 0.324. The summed E-state index contributed by atoms with van der Waals surface area (Å²) in [5.41, 5.74) is 4.21. The molecule has 0 aliphatic heterocycles. The van der Waals surface area contributed by atoms with Crippen molar-refractivity contribution < 1.29 is 14.6 Å². The molecule has 37 heavy (non-hydrogen) atoms. The third-order valence-corrected chi connectivity index (χ3v) is 6.73. The van der Waals surface area contributed by atoms with Gasteiger partial charge in [0.1, 0.15) is 11.4 Å². The molecule has 0 radical (unpaired) electrons. The number of hydrogen-bond acceptors (Lipinski definition) is 5. The van der Waals surface area contributed by atoms with Gasteiger partial charge in [-0.2, -0.15) is 5.10 Å². The first-order valence-corrected chi connectivity index (χ1v) is 12.0. The maximum absolute atomic E-state index is 13.6. The minimum absolute atomic E-state index is 0.109. The highest BCUT2D eigenvalue weighted by Gasteiger charge is 2.21. The highest BCUT2D eigenvalue weighted by molar-refractivity contribution is 6.07. The third-order valence-electron chi connectivity index (χ3n) is 6.73. The van der Waals surface area contributed by atoms with Crippen molar-refractivity contribution in [3.63, 3.8) is 0 Å². The van der Waals surface area contributed by atoms with Crippen LogP contribution in [0, 0.1) is 6.92 Å². The van der Waals surface area contributed by atoms with Gasteiger partial charge in [0.2, 0.25) is 0 Å². The molecule has 5 aromatic rings. The standard InChI is InChI=1S/C29H28N4O4/c1-17-13-22(18(2)31-25-8-6-5-7-21(25)29(35)36)26-23(14-17)28(34)32(3)27-24(26)15-30-33(27)16-19-9-11-20(37-4)12-10-19/h5-15,18,31H,16H2,1-4H3,(H,35,36). The van der Waals surface area contributed by atoms with Crippen molar-refractivity contribution in [3.05, 3.63) is 99.5 Å². The van der Waals surface area contributed by atoms with E-state index < -0.39 is 5.97 Å². The molecule has 8 heteroatoms. The van der Waals surface area contributed by atoms with Crippen LogP contribution in [0.25, 0.3) is 21.8 Å². The van der Waals surface area contributed by atoms with Gasteiger partial charge in [0.15, 0.2) is 0 Å². The number of hydrogen-bond donors (Lipinski definition) is 2. The van der Waals surface area contributed by atoms with Crippen LogP contribution >= 0.6 is 0 Å². The molecular formula is C29H28N4O4. The minimum Gasteiger partial charge on any atom is -0.497 e. The molecule has 1 unspecified atom stereocenters. The Bertz CT molecular complexity index is 1700. The van der Waals surface area contributed by atoms with Crippen LogP contribution in [0.15, 0.2) is 71.7 Å². The summed E-state index contributed by atoms with van der Waals surface area (Å²) in [4.78, 5) is 25.3. The molecule has 1 atom stereocenters. The van der Waals surface area contributed by atoms with E-state index in [1.54, 1.807) is 49.2 Å². The van der Waals surface area contributed by atoms with Crippen molar-refractivity contribution in [3.8, 4) is 5.75 Å².